The third-order valence-corrected chi connectivity index (χ3v) is 20.4. The molecule has 0 amide bonds. The topological polar surface area (TPSA) is 126 Å². The first kappa shape index (κ1) is 56.5. The Morgan fingerprint density at radius 1 is 0.267 bits per heavy atom. The molecule has 86 heavy (non-hydrogen) atoms. The Morgan fingerprint density at radius 3 is 0.942 bits per heavy atom. The summed E-state index contributed by atoms with van der Waals surface area (Å²) in [6.07, 6.45) is 21.5. The molecule has 8 heteroatoms. The molecule has 0 saturated carbocycles. The van der Waals surface area contributed by atoms with Gasteiger partial charge in [-0.05, 0) is 277 Å². The summed E-state index contributed by atoms with van der Waals surface area (Å²) in [6, 6.07) is 18.9. The number of rotatable bonds is 10. The minimum Gasteiger partial charge on any atom is -0.355 e. The van der Waals surface area contributed by atoms with Crippen molar-refractivity contribution in [1.29, 1.82) is 0 Å². The Labute approximate surface area is 505 Å². The number of fused-ring (bicyclic) bond motifs is 18. The lowest BCUT2D eigenvalue weighted by atomic mass is 9.88. The van der Waals surface area contributed by atoms with Gasteiger partial charge in [0, 0.05) is 77.4 Å². The van der Waals surface area contributed by atoms with Gasteiger partial charge < -0.3 is 39.9 Å². The smallest absolute Gasteiger partial charge is 0.0521 e. The van der Waals surface area contributed by atoms with E-state index in [2.05, 4.69) is 236 Å². The molecule has 13 rings (SSSR count). The molecule has 8 N–H and O–H groups in total. The standard InChI is InChI=1S/C78H86N8/c1-17-49-41(11)63-35-71-53(21-5)45(15)75(85-71)73(77-55(23-7)43(13)65(83-77)37-69-51(19-3)39(9)61(79-69)33-67(49)81-63)57-29-25-27-47-31-48-28-26-30-58(60(48)32-59(47)57)74-76-46(16)54(22-6)72(86-76)36-64-42(12)50(18-2)68(82-64)34-62-40(10)52(20-4)70(80-62)38-66-44(14)56(24-8)78(74)84-66/h25-38,79-86H,17-24H2,1-16H3. The van der Waals surface area contributed by atoms with Crippen LogP contribution < -0.4 is 42.8 Å². The summed E-state index contributed by atoms with van der Waals surface area (Å²) in [6.45, 7) is 36.8. The monoisotopic (exact) mass is 1130 g/mol. The largest absolute Gasteiger partial charge is 0.355 e. The Morgan fingerprint density at radius 2 is 0.581 bits per heavy atom. The zero-order valence-corrected chi connectivity index (χ0v) is 53.7. The fraction of sp³-hybridized carbons (Fsp3) is 0.308. The van der Waals surface area contributed by atoms with Crippen molar-refractivity contribution in [3.63, 3.8) is 0 Å². The second-order valence-electron chi connectivity index (χ2n) is 24.6. The molecule has 2 aliphatic rings. The van der Waals surface area contributed by atoms with Crippen LogP contribution in [-0.4, -0.2) is 39.9 Å². The van der Waals surface area contributed by atoms with Crippen molar-refractivity contribution in [3.8, 4) is 0 Å². The lowest BCUT2D eigenvalue weighted by Gasteiger charge is -2.17. The van der Waals surface area contributed by atoms with Gasteiger partial charge in [-0.2, -0.15) is 0 Å². The molecule has 16 bridgehead atoms. The van der Waals surface area contributed by atoms with Crippen LogP contribution in [0.1, 0.15) is 201 Å². The quantitative estimate of drug-likeness (QED) is 0.0622. The van der Waals surface area contributed by atoms with Gasteiger partial charge >= 0.3 is 0 Å². The van der Waals surface area contributed by atoms with Gasteiger partial charge in [-0.25, -0.2) is 0 Å². The molecule has 0 radical (unpaired) electrons. The molecule has 0 atom stereocenters. The lowest BCUT2D eigenvalue weighted by Crippen LogP contribution is -2.18. The normalized spacial score (nSPS) is 13.1. The van der Waals surface area contributed by atoms with Crippen LogP contribution in [0.2, 0.25) is 0 Å². The number of hydrogen-bond acceptors (Lipinski definition) is 0. The maximum atomic E-state index is 4.18. The first-order chi connectivity index (χ1) is 41.6. The summed E-state index contributed by atoms with van der Waals surface area (Å²) < 4.78 is 0. The van der Waals surface area contributed by atoms with Gasteiger partial charge in [-0.15, -0.1) is 0 Å². The predicted octanol–water partition coefficient (Wildman–Crippen LogP) is 11.7. The van der Waals surface area contributed by atoms with Crippen LogP contribution in [0.4, 0.5) is 0 Å². The molecular formula is C78H86N8. The third-order valence-electron chi connectivity index (χ3n) is 20.4. The fourth-order valence-corrected chi connectivity index (χ4v) is 15.6. The number of H-pyrrole nitrogens is 8. The zero-order chi connectivity index (χ0) is 60.3. The number of aromatic nitrogens is 8. The van der Waals surface area contributed by atoms with Gasteiger partial charge in [-0.1, -0.05) is 91.8 Å². The van der Waals surface area contributed by atoms with E-state index in [0.29, 0.717) is 0 Å². The summed E-state index contributed by atoms with van der Waals surface area (Å²) in [4.78, 5) is 32.5. The van der Waals surface area contributed by atoms with Crippen molar-refractivity contribution >= 4 is 69.1 Å². The molecule has 11 aromatic rings. The van der Waals surface area contributed by atoms with Crippen molar-refractivity contribution in [2.75, 3.05) is 0 Å². The molecule has 3 aromatic carbocycles. The minimum absolute atomic E-state index is 0.870. The second kappa shape index (κ2) is 21.7. The van der Waals surface area contributed by atoms with Crippen LogP contribution in [0.3, 0.4) is 0 Å². The number of aromatic amines is 8. The number of hydrogen-bond donors (Lipinski definition) is 8. The second-order valence-corrected chi connectivity index (χ2v) is 24.6. The fourth-order valence-electron chi connectivity index (χ4n) is 15.6. The van der Waals surface area contributed by atoms with E-state index in [1.54, 1.807) is 0 Å². The van der Waals surface area contributed by atoms with Crippen molar-refractivity contribution < 1.29 is 0 Å². The summed E-state index contributed by atoms with van der Waals surface area (Å²) in [5.41, 5.74) is 35.0. The summed E-state index contributed by atoms with van der Waals surface area (Å²) in [5.74, 6) is 0. The average Bonchev–Trinajstić information content (AvgIpc) is 2.46. The van der Waals surface area contributed by atoms with Gasteiger partial charge in [-0.3, -0.25) is 0 Å². The SMILES string of the molecule is CCc1c2[nH]c(c1C)C=c1[nH]c(c(C)c1CC)=C(c1cccc3cc4cccc(C5=c6[nH]c(c(CC)c6C)=Cc6[nH]c(c(CC)c6C)C=c6[nH]c(c(CC)c6C)=Cc6[nH]c5c(CC)c6C)c4cc13)c1[nH]c(c(C)c1CC)C=c1[nH]c(c(C)c1CC)=C2. The molecule has 0 unspecified atom stereocenters. The maximum absolute atomic E-state index is 4.18. The highest BCUT2D eigenvalue weighted by Gasteiger charge is 2.26. The highest BCUT2D eigenvalue weighted by Crippen LogP contribution is 2.39. The van der Waals surface area contributed by atoms with Gasteiger partial charge in [0.2, 0.25) is 0 Å². The van der Waals surface area contributed by atoms with Crippen molar-refractivity contribution in [3.05, 3.63) is 237 Å². The van der Waals surface area contributed by atoms with E-state index in [4.69, 9.17) is 0 Å². The average molecular weight is 1140 g/mol. The predicted molar refractivity (Wildman–Crippen MR) is 362 cm³/mol. The van der Waals surface area contributed by atoms with E-state index in [1.165, 1.54) is 144 Å². The molecular weight excluding hydrogens is 1050 g/mol. The Kier molecular flexibility index (Phi) is 14.3. The van der Waals surface area contributed by atoms with E-state index >= 15 is 0 Å². The van der Waals surface area contributed by atoms with E-state index < -0.39 is 0 Å². The Balaban J connectivity index is 1.16. The first-order valence-corrected chi connectivity index (χ1v) is 32.1. The Hall–Kier alpha value is -8.62. The van der Waals surface area contributed by atoms with Gasteiger partial charge in [0.1, 0.15) is 0 Å². The maximum Gasteiger partial charge on any atom is 0.0521 e. The van der Waals surface area contributed by atoms with Gasteiger partial charge in [0.25, 0.3) is 0 Å². The van der Waals surface area contributed by atoms with Crippen molar-refractivity contribution in [2.24, 2.45) is 0 Å². The van der Waals surface area contributed by atoms with Gasteiger partial charge in [0.05, 0.1) is 22.1 Å². The summed E-state index contributed by atoms with van der Waals surface area (Å²) in [5, 5.41) is 14.0. The molecule has 10 heterocycles. The molecule has 8 nitrogen and oxygen atoms in total. The molecule has 0 aliphatic carbocycles. The van der Waals surface area contributed by atoms with Crippen LogP contribution in [-0.2, 0) is 51.4 Å². The molecule has 2 aliphatic heterocycles. The minimum atomic E-state index is 0.870. The van der Waals surface area contributed by atoms with Crippen molar-refractivity contribution in [1.82, 2.24) is 39.9 Å². The van der Waals surface area contributed by atoms with E-state index in [0.717, 1.165) is 128 Å². The van der Waals surface area contributed by atoms with Crippen LogP contribution in [0, 0.1) is 55.4 Å². The van der Waals surface area contributed by atoms with E-state index in [9.17, 15) is 0 Å². The summed E-state index contributed by atoms with van der Waals surface area (Å²) in [7, 11) is 0. The zero-order valence-electron chi connectivity index (χ0n) is 53.7. The van der Waals surface area contributed by atoms with E-state index in [-0.39, 0.29) is 0 Å². The Bertz CT molecular complexity index is 4860. The molecule has 438 valence electrons. The van der Waals surface area contributed by atoms with Crippen LogP contribution in [0.25, 0.3) is 69.1 Å². The lowest BCUT2D eigenvalue weighted by molar-refractivity contribution is 1.10. The molecule has 0 spiro atoms. The molecule has 0 saturated heterocycles. The van der Waals surface area contributed by atoms with Crippen molar-refractivity contribution in [2.45, 2.75) is 162 Å². The van der Waals surface area contributed by atoms with Gasteiger partial charge in [0.15, 0.2) is 0 Å². The number of benzene rings is 3. The highest BCUT2D eigenvalue weighted by molar-refractivity contribution is 6.08. The summed E-state index contributed by atoms with van der Waals surface area (Å²) >= 11 is 0. The third kappa shape index (κ3) is 8.67. The number of nitrogens with one attached hydrogen (secondary N) is 8. The first-order valence-electron chi connectivity index (χ1n) is 32.1. The van der Waals surface area contributed by atoms with E-state index in [1.807, 2.05) is 0 Å². The van der Waals surface area contributed by atoms with Crippen LogP contribution in [0.15, 0.2) is 48.5 Å². The highest BCUT2D eigenvalue weighted by atomic mass is 14.8. The molecule has 0 fully saturated rings. The molecule has 8 aromatic heterocycles. The van der Waals surface area contributed by atoms with Crippen LogP contribution >= 0.6 is 0 Å². The van der Waals surface area contributed by atoms with Crippen LogP contribution in [0.5, 0.6) is 0 Å².